The number of nitrogens with zero attached hydrogens (tertiary/aromatic N) is 1. The molecule has 0 aliphatic carbocycles. The van der Waals surface area contributed by atoms with E-state index in [-0.39, 0.29) is 0 Å². The van der Waals surface area contributed by atoms with Gasteiger partial charge in [-0.2, -0.15) is 0 Å². The SMILES string of the molecule is CCO[Si](C)(CCCCOCCN(C)CCOCCCC[Si](C)(OCC)OCC)OCC. The highest BCUT2D eigenvalue weighted by molar-refractivity contribution is 6.66. The Morgan fingerprint density at radius 1 is 0.531 bits per heavy atom. The maximum Gasteiger partial charge on any atom is 0.334 e. The summed E-state index contributed by atoms with van der Waals surface area (Å²) in [5.41, 5.74) is 0. The Balaban J connectivity index is 3.62. The third-order valence-electron chi connectivity index (χ3n) is 5.37. The molecule has 0 fully saturated rings. The van der Waals surface area contributed by atoms with Crippen molar-refractivity contribution in [1.29, 1.82) is 0 Å². The summed E-state index contributed by atoms with van der Waals surface area (Å²) in [7, 11) is -1.82. The molecule has 0 N–H and O–H groups in total. The van der Waals surface area contributed by atoms with Crippen LogP contribution in [-0.2, 0) is 27.2 Å². The van der Waals surface area contributed by atoms with Gasteiger partial charge in [0.25, 0.3) is 0 Å². The molecule has 0 aromatic carbocycles. The second-order valence-corrected chi connectivity index (χ2v) is 15.1. The predicted octanol–water partition coefficient (Wildman–Crippen LogP) is 4.80. The Labute approximate surface area is 200 Å². The highest BCUT2D eigenvalue weighted by Gasteiger charge is 2.30. The summed E-state index contributed by atoms with van der Waals surface area (Å²) in [5, 5.41) is 0. The Hall–Kier alpha value is 0.154. The number of unbranched alkanes of at least 4 members (excludes halogenated alkanes) is 2. The van der Waals surface area contributed by atoms with Crippen LogP contribution in [0.5, 0.6) is 0 Å². The second-order valence-electron chi connectivity index (χ2n) is 8.44. The quantitative estimate of drug-likeness (QED) is 0.141. The lowest BCUT2D eigenvalue weighted by atomic mass is 10.3. The number of hydrogen-bond acceptors (Lipinski definition) is 7. The van der Waals surface area contributed by atoms with Gasteiger partial charge in [0.15, 0.2) is 0 Å². The summed E-state index contributed by atoms with van der Waals surface area (Å²) < 4.78 is 35.1. The van der Waals surface area contributed by atoms with Crippen LogP contribution >= 0.6 is 0 Å². The topological polar surface area (TPSA) is 58.6 Å². The molecule has 0 aliphatic heterocycles. The monoisotopic (exact) mass is 495 g/mol. The van der Waals surface area contributed by atoms with Crippen LogP contribution in [0.3, 0.4) is 0 Å². The molecule has 0 aliphatic rings. The van der Waals surface area contributed by atoms with Crippen molar-refractivity contribution in [2.24, 2.45) is 0 Å². The predicted molar refractivity (Wildman–Crippen MR) is 137 cm³/mol. The van der Waals surface area contributed by atoms with Gasteiger partial charge in [-0.25, -0.2) is 0 Å². The molecular formula is C23H53NO6Si2. The molecule has 0 aromatic heterocycles. The molecule has 0 aromatic rings. The molecule has 0 rings (SSSR count). The van der Waals surface area contributed by atoms with E-state index in [9.17, 15) is 0 Å². The van der Waals surface area contributed by atoms with Crippen LogP contribution in [-0.4, -0.2) is 95.0 Å². The molecular weight excluding hydrogens is 442 g/mol. The summed E-state index contributed by atoms with van der Waals surface area (Å²) in [6.45, 7) is 20.4. The van der Waals surface area contributed by atoms with Gasteiger partial charge in [-0.1, -0.05) is 0 Å². The highest BCUT2D eigenvalue weighted by Crippen LogP contribution is 2.18. The van der Waals surface area contributed by atoms with Crippen LogP contribution in [0.4, 0.5) is 0 Å². The van der Waals surface area contributed by atoms with Crippen LogP contribution in [0, 0.1) is 0 Å². The summed E-state index contributed by atoms with van der Waals surface area (Å²) in [6, 6.07) is 2.07. The minimum atomic E-state index is -1.97. The molecule has 0 saturated heterocycles. The molecule has 0 saturated carbocycles. The van der Waals surface area contributed by atoms with Gasteiger partial charge in [0.05, 0.1) is 13.2 Å². The molecule has 32 heavy (non-hydrogen) atoms. The fraction of sp³-hybridized carbons (Fsp3) is 1.00. The van der Waals surface area contributed by atoms with E-state index in [1.807, 2.05) is 27.7 Å². The molecule has 0 atom stereocenters. The van der Waals surface area contributed by atoms with Crippen molar-refractivity contribution in [3.63, 3.8) is 0 Å². The van der Waals surface area contributed by atoms with Crippen LogP contribution < -0.4 is 0 Å². The van der Waals surface area contributed by atoms with Crippen molar-refractivity contribution in [2.75, 3.05) is 73.0 Å². The summed E-state index contributed by atoms with van der Waals surface area (Å²) >= 11 is 0. The first kappa shape index (κ1) is 32.2. The standard InChI is InChI=1S/C23H53NO6Si2/c1-8-27-31(6,28-9-2)22-14-12-18-25-20-16-24(5)17-21-26-19-13-15-23-32(7,29-10-3)30-11-4/h8-23H2,1-7H3. The van der Waals surface area contributed by atoms with Gasteiger partial charge in [0.1, 0.15) is 0 Å². The summed E-state index contributed by atoms with van der Waals surface area (Å²) in [6.07, 6.45) is 4.32. The molecule has 0 radical (unpaired) electrons. The normalized spacial score (nSPS) is 12.8. The summed E-state index contributed by atoms with van der Waals surface area (Å²) in [5.74, 6) is 0. The van der Waals surface area contributed by atoms with E-state index >= 15 is 0 Å². The molecule has 0 amide bonds. The van der Waals surface area contributed by atoms with E-state index in [0.29, 0.717) is 0 Å². The zero-order chi connectivity index (χ0) is 24.1. The fourth-order valence-corrected chi connectivity index (χ4v) is 8.62. The molecule has 9 heteroatoms. The van der Waals surface area contributed by atoms with Gasteiger partial charge in [-0.05, 0) is 85.6 Å². The van der Waals surface area contributed by atoms with Gasteiger partial charge in [-0.3, -0.25) is 0 Å². The van der Waals surface area contributed by atoms with Crippen LogP contribution in [0.25, 0.3) is 0 Å². The summed E-state index contributed by atoms with van der Waals surface area (Å²) in [4.78, 5) is 2.27. The average molecular weight is 496 g/mol. The zero-order valence-corrected chi connectivity index (χ0v) is 24.2. The lowest BCUT2D eigenvalue weighted by Crippen LogP contribution is -2.38. The van der Waals surface area contributed by atoms with Crippen LogP contribution in [0.2, 0.25) is 25.2 Å². The number of ether oxygens (including phenoxy) is 2. The van der Waals surface area contributed by atoms with Crippen LogP contribution in [0.1, 0.15) is 53.4 Å². The van der Waals surface area contributed by atoms with Crippen molar-refractivity contribution >= 4 is 17.1 Å². The van der Waals surface area contributed by atoms with Gasteiger partial charge < -0.3 is 32.1 Å². The van der Waals surface area contributed by atoms with Crippen molar-refractivity contribution in [2.45, 2.75) is 78.6 Å². The van der Waals surface area contributed by atoms with E-state index in [0.717, 1.165) is 104 Å². The fourth-order valence-electron chi connectivity index (χ4n) is 3.65. The second kappa shape index (κ2) is 20.5. The molecule has 194 valence electrons. The van der Waals surface area contributed by atoms with E-state index in [1.165, 1.54) is 0 Å². The van der Waals surface area contributed by atoms with E-state index in [1.54, 1.807) is 0 Å². The zero-order valence-electron chi connectivity index (χ0n) is 22.2. The Bertz CT molecular complexity index is 372. The first-order valence-electron chi connectivity index (χ1n) is 12.7. The third kappa shape index (κ3) is 17.6. The highest BCUT2D eigenvalue weighted by atomic mass is 28.4. The number of likely N-dealkylation sites (N-methyl/N-ethyl adjacent to an activating group) is 1. The number of rotatable bonds is 24. The van der Waals surface area contributed by atoms with Gasteiger partial charge >= 0.3 is 17.1 Å². The molecule has 0 spiro atoms. The van der Waals surface area contributed by atoms with E-state index < -0.39 is 17.1 Å². The molecule has 7 nitrogen and oxygen atoms in total. The molecule has 0 heterocycles. The van der Waals surface area contributed by atoms with E-state index in [4.69, 9.17) is 27.2 Å². The van der Waals surface area contributed by atoms with Crippen molar-refractivity contribution in [3.05, 3.63) is 0 Å². The first-order valence-corrected chi connectivity index (χ1v) is 17.8. The Kier molecular flexibility index (Phi) is 20.6. The minimum absolute atomic E-state index is 0.734. The van der Waals surface area contributed by atoms with E-state index in [2.05, 4.69) is 25.0 Å². The van der Waals surface area contributed by atoms with Gasteiger partial charge in [-0.15, -0.1) is 0 Å². The van der Waals surface area contributed by atoms with Crippen molar-refractivity contribution in [1.82, 2.24) is 4.90 Å². The lowest BCUT2D eigenvalue weighted by Gasteiger charge is -2.25. The lowest BCUT2D eigenvalue weighted by molar-refractivity contribution is 0.0818. The van der Waals surface area contributed by atoms with Gasteiger partial charge in [0, 0.05) is 52.7 Å². The Morgan fingerprint density at radius 3 is 1.19 bits per heavy atom. The Morgan fingerprint density at radius 2 is 0.875 bits per heavy atom. The smallest absolute Gasteiger partial charge is 0.334 e. The maximum absolute atomic E-state index is 5.88. The van der Waals surface area contributed by atoms with Gasteiger partial charge in [0.2, 0.25) is 0 Å². The van der Waals surface area contributed by atoms with Crippen LogP contribution in [0.15, 0.2) is 0 Å². The van der Waals surface area contributed by atoms with Crippen molar-refractivity contribution < 1.29 is 27.2 Å². The molecule has 0 bridgehead atoms. The maximum atomic E-state index is 5.88. The minimum Gasteiger partial charge on any atom is -0.395 e. The third-order valence-corrected chi connectivity index (χ3v) is 11.5. The largest absolute Gasteiger partial charge is 0.395 e. The average Bonchev–Trinajstić information content (AvgIpc) is 2.73. The van der Waals surface area contributed by atoms with Crippen molar-refractivity contribution in [3.8, 4) is 0 Å². The first-order chi connectivity index (χ1) is 15.3. The number of hydrogen-bond donors (Lipinski definition) is 0. The molecule has 0 unspecified atom stereocenters.